The maximum atomic E-state index is 13.8. The van der Waals surface area contributed by atoms with E-state index in [9.17, 15) is 14.4 Å². The van der Waals surface area contributed by atoms with E-state index < -0.39 is 47.4 Å². The number of imide groups is 1. The number of methoxy groups -OCH3 is 1. The molecule has 2 amide bonds. The summed E-state index contributed by atoms with van der Waals surface area (Å²) in [7, 11) is 1.21. The molecule has 0 aliphatic carbocycles. The van der Waals surface area contributed by atoms with Crippen LogP contribution in [0.5, 0.6) is 0 Å². The van der Waals surface area contributed by atoms with Crippen LogP contribution in [-0.2, 0) is 25.5 Å². The molecule has 35 heavy (non-hydrogen) atoms. The molecular weight excluding hydrogens is 448 g/mol. The Morgan fingerprint density at radius 1 is 1.23 bits per heavy atom. The average molecular weight is 481 g/mol. The number of hydrogen-bond acceptors (Lipinski definition) is 7. The van der Waals surface area contributed by atoms with Crippen molar-refractivity contribution >= 4 is 28.6 Å². The quantitative estimate of drug-likeness (QED) is 0.269. The van der Waals surface area contributed by atoms with Gasteiger partial charge in [-0.3, -0.25) is 14.5 Å². The van der Waals surface area contributed by atoms with Crippen LogP contribution >= 0.6 is 0 Å². The van der Waals surface area contributed by atoms with Crippen LogP contribution in [0.4, 0.5) is 0 Å². The van der Waals surface area contributed by atoms with Gasteiger partial charge in [-0.2, -0.15) is 0 Å². The second kappa shape index (κ2) is 10.9. The van der Waals surface area contributed by atoms with Gasteiger partial charge in [-0.25, -0.2) is 4.79 Å². The van der Waals surface area contributed by atoms with E-state index in [1.165, 1.54) is 7.11 Å². The van der Waals surface area contributed by atoms with Gasteiger partial charge in [0.1, 0.15) is 6.04 Å². The Hall–Kier alpha value is -3.46. The highest BCUT2D eigenvalue weighted by Gasteiger charge is 2.45. The van der Waals surface area contributed by atoms with E-state index in [0.29, 0.717) is 13.0 Å². The van der Waals surface area contributed by atoms with Gasteiger partial charge in [-0.05, 0) is 40.2 Å². The number of esters is 1. The van der Waals surface area contributed by atoms with Gasteiger partial charge in [0.15, 0.2) is 0 Å². The van der Waals surface area contributed by atoms with Crippen molar-refractivity contribution in [3.63, 3.8) is 0 Å². The third kappa shape index (κ3) is 5.79. The minimum atomic E-state index is -1.25. The highest BCUT2D eigenvalue weighted by molar-refractivity contribution is 6.04. The van der Waals surface area contributed by atoms with Crippen LogP contribution in [0.3, 0.4) is 0 Å². The zero-order valence-electron chi connectivity index (χ0n) is 20.5. The van der Waals surface area contributed by atoms with Gasteiger partial charge >= 0.3 is 5.97 Å². The SMILES string of the molecule is COC(=O)C(Cc1ccc2ccccc2c1)N(C(=O)[C@H]1NCC[C@H]1N=[N+]=[N-])C(=O)[C@@H](N)C(C)(C)C. The molecule has 2 aromatic rings. The maximum Gasteiger partial charge on any atom is 0.329 e. The van der Waals surface area contributed by atoms with Crippen LogP contribution in [0, 0.1) is 5.41 Å². The minimum Gasteiger partial charge on any atom is -0.467 e. The molecule has 1 aliphatic heterocycles. The lowest BCUT2D eigenvalue weighted by Crippen LogP contribution is -2.62. The molecule has 0 radical (unpaired) electrons. The largest absolute Gasteiger partial charge is 0.467 e. The predicted octanol–water partition coefficient (Wildman–Crippen LogP) is 2.69. The number of azide groups is 1. The summed E-state index contributed by atoms with van der Waals surface area (Å²) in [6.45, 7) is 5.78. The van der Waals surface area contributed by atoms with Crippen LogP contribution in [0.2, 0.25) is 0 Å². The third-order valence-corrected chi connectivity index (χ3v) is 6.36. The van der Waals surface area contributed by atoms with Gasteiger partial charge in [0.2, 0.25) is 11.8 Å². The van der Waals surface area contributed by atoms with Gasteiger partial charge in [0.25, 0.3) is 0 Å². The molecule has 0 bridgehead atoms. The van der Waals surface area contributed by atoms with Crippen LogP contribution in [0.25, 0.3) is 21.2 Å². The normalized spacial score (nSPS) is 19.5. The Balaban J connectivity index is 2.06. The number of ether oxygens (including phenoxy) is 1. The lowest BCUT2D eigenvalue weighted by Gasteiger charge is -2.36. The first-order valence-corrected chi connectivity index (χ1v) is 11.5. The van der Waals surface area contributed by atoms with Crippen LogP contribution in [-0.4, -0.2) is 60.5 Å². The molecule has 1 unspecified atom stereocenters. The van der Waals surface area contributed by atoms with E-state index in [2.05, 4.69) is 15.3 Å². The fourth-order valence-electron chi connectivity index (χ4n) is 4.22. The number of fused-ring (bicyclic) bond motifs is 1. The smallest absolute Gasteiger partial charge is 0.329 e. The van der Waals surface area contributed by atoms with E-state index in [0.717, 1.165) is 21.2 Å². The van der Waals surface area contributed by atoms with E-state index in [-0.39, 0.29) is 6.42 Å². The highest BCUT2D eigenvalue weighted by atomic mass is 16.5. The molecule has 3 N–H and O–H groups in total. The summed E-state index contributed by atoms with van der Waals surface area (Å²) in [5.74, 6) is -2.09. The summed E-state index contributed by atoms with van der Waals surface area (Å²) < 4.78 is 5.03. The number of carbonyl (C=O) groups is 3. The number of amides is 2. The molecule has 1 fully saturated rings. The summed E-state index contributed by atoms with van der Waals surface area (Å²) in [6, 6.07) is 9.50. The minimum absolute atomic E-state index is 0.0464. The predicted molar refractivity (Wildman–Crippen MR) is 132 cm³/mol. The maximum absolute atomic E-state index is 13.8. The van der Waals surface area contributed by atoms with Gasteiger partial charge in [-0.1, -0.05) is 68.4 Å². The molecule has 1 heterocycles. The van der Waals surface area contributed by atoms with E-state index in [4.69, 9.17) is 16.0 Å². The molecule has 10 heteroatoms. The molecule has 1 aliphatic rings. The number of nitrogens with two attached hydrogens (primary N) is 1. The summed E-state index contributed by atoms with van der Waals surface area (Å²) in [6.07, 6.45) is 0.478. The second-order valence-electron chi connectivity index (χ2n) is 9.81. The highest BCUT2D eigenvalue weighted by Crippen LogP contribution is 2.25. The summed E-state index contributed by atoms with van der Waals surface area (Å²) in [4.78, 5) is 44.2. The van der Waals surface area contributed by atoms with Gasteiger partial charge < -0.3 is 15.8 Å². The molecule has 10 nitrogen and oxygen atoms in total. The van der Waals surface area contributed by atoms with Crippen molar-refractivity contribution in [3.05, 3.63) is 58.5 Å². The van der Waals surface area contributed by atoms with E-state index in [1.807, 2.05) is 42.5 Å². The van der Waals surface area contributed by atoms with Crippen molar-refractivity contribution in [2.75, 3.05) is 13.7 Å². The average Bonchev–Trinajstić information content (AvgIpc) is 3.30. The molecule has 186 valence electrons. The van der Waals surface area contributed by atoms with Gasteiger partial charge in [0, 0.05) is 11.3 Å². The molecular formula is C25H32N6O4. The van der Waals surface area contributed by atoms with Crippen molar-refractivity contribution < 1.29 is 19.1 Å². The van der Waals surface area contributed by atoms with Crippen LogP contribution < -0.4 is 11.1 Å². The Labute approximate surface area is 204 Å². The van der Waals surface area contributed by atoms with Crippen LogP contribution in [0.1, 0.15) is 32.8 Å². The molecule has 0 saturated carbocycles. The number of rotatable bonds is 7. The number of carbonyl (C=O) groups excluding carboxylic acids is 3. The Kier molecular flexibility index (Phi) is 8.11. The topological polar surface area (TPSA) is 150 Å². The monoisotopic (exact) mass is 480 g/mol. The van der Waals surface area contributed by atoms with Crippen molar-refractivity contribution in [3.8, 4) is 0 Å². The number of nitrogens with zero attached hydrogens (tertiary/aromatic N) is 4. The van der Waals surface area contributed by atoms with Crippen molar-refractivity contribution in [1.29, 1.82) is 0 Å². The first-order valence-electron chi connectivity index (χ1n) is 11.5. The zero-order chi connectivity index (χ0) is 25.8. The van der Waals surface area contributed by atoms with Crippen molar-refractivity contribution in [1.82, 2.24) is 10.2 Å². The van der Waals surface area contributed by atoms with Crippen molar-refractivity contribution in [2.24, 2.45) is 16.3 Å². The Morgan fingerprint density at radius 3 is 2.54 bits per heavy atom. The Bertz CT molecular complexity index is 1150. The van der Waals surface area contributed by atoms with E-state index in [1.54, 1.807) is 20.8 Å². The summed E-state index contributed by atoms with van der Waals surface area (Å²) in [5, 5.41) is 8.71. The lowest BCUT2D eigenvalue weighted by molar-refractivity contribution is -0.162. The zero-order valence-corrected chi connectivity index (χ0v) is 20.5. The summed E-state index contributed by atoms with van der Waals surface area (Å²) >= 11 is 0. The first kappa shape index (κ1) is 26.2. The molecule has 0 aromatic heterocycles. The number of nitrogens with one attached hydrogen (secondary N) is 1. The lowest BCUT2D eigenvalue weighted by atomic mass is 9.86. The molecule has 2 aromatic carbocycles. The molecule has 0 spiro atoms. The fraction of sp³-hybridized carbons (Fsp3) is 0.480. The molecule has 4 atom stereocenters. The van der Waals surface area contributed by atoms with Gasteiger partial charge in [0.05, 0.1) is 25.2 Å². The second-order valence-corrected chi connectivity index (χ2v) is 9.81. The number of hydrogen-bond donors (Lipinski definition) is 2. The van der Waals surface area contributed by atoms with Gasteiger partial charge in [-0.15, -0.1) is 0 Å². The van der Waals surface area contributed by atoms with Crippen LogP contribution in [0.15, 0.2) is 47.6 Å². The molecule has 3 rings (SSSR count). The fourth-order valence-corrected chi connectivity index (χ4v) is 4.22. The third-order valence-electron chi connectivity index (χ3n) is 6.36. The summed E-state index contributed by atoms with van der Waals surface area (Å²) in [5.41, 5.74) is 15.3. The Morgan fingerprint density at radius 2 is 1.91 bits per heavy atom. The molecule has 1 saturated heterocycles. The standard InChI is InChI=1S/C25H32N6O4/c1-25(2,3)21(26)23(33)31(22(32)20-18(29-30-27)11-12-28-20)19(24(34)35-4)14-15-9-10-16-7-5-6-8-17(16)13-15/h5-10,13,18-21,28H,11-12,14,26H2,1-4H3/t18-,19?,20+,21-/m1/s1. The first-order chi connectivity index (χ1) is 16.6. The number of benzene rings is 2. The van der Waals surface area contributed by atoms with Crippen molar-refractivity contribution in [2.45, 2.75) is 57.8 Å². The van der Waals surface area contributed by atoms with E-state index >= 15 is 0 Å².